The maximum atomic E-state index is 14.3. The highest BCUT2D eigenvalue weighted by atomic mass is 35.5. The molecule has 3 heterocycles. The second-order valence-electron chi connectivity index (χ2n) is 12.2. The van der Waals surface area contributed by atoms with Crippen molar-refractivity contribution in [1.82, 2.24) is 25.1 Å². The fraction of sp³-hybridized carbons (Fsp3) is 0.344. The number of nitrogens with one attached hydrogen (secondary N) is 2. The molecule has 2 aromatic carbocycles. The summed E-state index contributed by atoms with van der Waals surface area (Å²) in [6, 6.07) is 12.5. The molecular formula is C32H28Cl2F3N7O7. The van der Waals surface area contributed by atoms with E-state index in [-0.39, 0.29) is 37.1 Å². The summed E-state index contributed by atoms with van der Waals surface area (Å²) >= 11 is 12.5. The molecule has 0 radical (unpaired) electrons. The molecule has 2 fully saturated rings. The third-order valence-corrected chi connectivity index (χ3v) is 9.05. The summed E-state index contributed by atoms with van der Waals surface area (Å²) in [5.74, 6) is -5.18. The second-order valence-corrected chi connectivity index (χ2v) is 13.1. The van der Waals surface area contributed by atoms with E-state index in [0.29, 0.717) is 40.7 Å². The molecule has 1 aliphatic carbocycles. The minimum Gasteiger partial charge on any atom is -0.480 e. The molecule has 3 aliphatic rings. The van der Waals surface area contributed by atoms with Crippen LogP contribution < -0.4 is 15.5 Å². The fourth-order valence-corrected chi connectivity index (χ4v) is 6.48. The second kappa shape index (κ2) is 13.9. The maximum absolute atomic E-state index is 14.3. The van der Waals surface area contributed by atoms with Crippen LogP contribution in [0.15, 0.2) is 48.7 Å². The summed E-state index contributed by atoms with van der Waals surface area (Å²) in [6.07, 6.45) is -2.89. The Kier molecular flexibility index (Phi) is 10.1. The van der Waals surface area contributed by atoms with Gasteiger partial charge in [-0.1, -0.05) is 35.3 Å². The maximum Gasteiger partial charge on any atom is 0.490 e. The Morgan fingerprint density at radius 3 is 2.24 bits per heavy atom. The third-order valence-electron chi connectivity index (χ3n) is 8.61. The number of anilines is 2. The molecule has 1 aromatic heterocycles. The molecule has 6 rings (SSSR count). The average Bonchev–Trinajstić information content (AvgIpc) is 3.65. The van der Waals surface area contributed by atoms with E-state index in [2.05, 4.69) is 21.7 Å². The quantitative estimate of drug-likeness (QED) is 0.278. The monoisotopic (exact) mass is 749 g/mol. The number of piperazine rings is 1. The molecule has 3 aromatic rings. The lowest BCUT2D eigenvalue weighted by atomic mass is 9.91. The van der Waals surface area contributed by atoms with Crippen molar-refractivity contribution in [3.05, 3.63) is 75.5 Å². The summed E-state index contributed by atoms with van der Waals surface area (Å²) in [5.41, 5.74) is -0.987. The summed E-state index contributed by atoms with van der Waals surface area (Å²) in [5, 5.41) is 32.5. The molecule has 1 saturated heterocycles. The lowest BCUT2D eigenvalue weighted by molar-refractivity contribution is -0.192. The summed E-state index contributed by atoms with van der Waals surface area (Å²) in [7, 11) is 0. The molecule has 0 spiro atoms. The topological polar surface area (TPSA) is 198 Å². The first-order chi connectivity index (χ1) is 23.9. The standard InChI is InChI=1S/C30H27Cl2N7O5.C2HF3O2/c1-29(13-17-2-4-18(14-33)5-3-17)26(43)38(21-11-19(31)10-20(32)12-21)28-35-16-22(39(28)29)24(40)36-30(6-7-30)27(44)37-9-8-34-15-23(37)25(41)42;3-2(4,5)1(6)7/h2-5,10-12,16,23,34H,6-9,13,15H2,1H3,(H,36,40)(H,41,42);(H,6,7)/t23?,29-;/m1./s1. The van der Waals surface area contributed by atoms with Crippen LogP contribution in [0.5, 0.6) is 0 Å². The van der Waals surface area contributed by atoms with E-state index < -0.39 is 47.0 Å². The number of carboxylic acid groups (broad SMARTS) is 2. The number of hydrogen-bond donors (Lipinski definition) is 4. The van der Waals surface area contributed by atoms with E-state index in [0.717, 1.165) is 5.56 Å². The molecule has 268 valence electrons. The number of nitriles is 1. The third kappa shape index (κ3) is 7.34. The van der Waals surface area contributed by atoms with Crippen LogP contribution in [0.3, 0.4) is 0 Å². The highest BCUT2D eigenvalue weighted by Gasteiger charge is 2.56. The largest absolute Gasteiger partial charge is 0.490 e. The lowest BCUT2D eigenvalue weighted by Crippen LogP contribution is -2.62. The Morgan fingerprint density at radius 1 is 1.10 bits per heavy atom. The van der Waals surface area contributed by atoms with E-state index in [1.807, 2.05) is 0 Å². The molecule has 1 saturated carbocycles. The van der Waals surface area contributed by atoms with Crippen LogP contribution in [0.25, 0.3) is 0 Å². The molecule has 51 heavy (non-hydrogen) atoms. The van der Waals surface area contributed by atoms with Gasteiger partial charge in [0.2, 0.25) is 11.9 Å². The van der Waals surface area contributed by atoms with Gasteiger partial charge in [-0.25, -0.2) is 19.5 Å². The number of nitrogens with zero attached hydrogens (tertiary/aromatic N) is 5. The van der Waals surface area contributed by atoms with Crippen molar-refractivity contribution in [2.24, 2.45) is 0 Å². The number of halogens is 5. The van der Waals surface area contributed by atoms with Crippen molar-refractivity contribution in [2.45, 2.75) is 49.5 Å². The summed E-state index contributed by atoms with van der Waals surface area (Å²) in [6.45, 7) is 2.44. The highest BCUT2D eigenvalue weighted by Crippen LogP contribution is 2.44. The van der Waals surface area contributed by atoms with Crippen molar-refractivity contribution < 1.29 is 47.4 Å². The van der Waals surface area contributed by atoms with Crippen LogP contribution in [0.2, 0.25) is 10.0 Å². The predicted molar refractivity (Wildman–Crippen MR) is 173 cm³/mol. The number of carbonyl (C=O) groups excluding carboxylic acids is 3. The fourth-order valence-electron chi connectivity index (χ4n) is 5.97. The van der Waals surface area contributed by atoms with Crippen molar-refractivity contribution in [2.75, 3.05) is 24.5 Å². The van der Waals surface area contributed by atoms with Crippen molar-refractivity contribution in [3.63, 3.8) is 0 Å². The number of fused-ring (bicyclic) bond motifs is 1. The normalized spacial score (nSPS) is 20.4. The van der Waals surface area contributed by atoms with E-state index >= 15 is 0 Å². The molecule has 19 heteroatoms. The zero-order chi connectivity index (χ0) is 37.5. The van der Waals surface area contributed by atoms with E-state index in [1.165, 1.54) is 22.1 Å². The van der Waals surface area contributed by atoms with Crippen molar-refractivity contribution >= 4 is 64.5 Å². The van der Waals surface area contributed by atoms with Crippen molar-refractivity contribution in [1.29, 1.82) is 5.26 Å². The van der Waals surface area contributed by atoms with Gasteiger partial charge in [0.05, 0.1) is 23.5 Å². The minimum atomic E-state index is -5.08. The average molecular weight is 751 g/mol. The van der Waals surface area contributed by atoms with Gasteiger partial charge < -0.3 is 25.7 Å². The summed E-state index contributed by atoms with van der Waals surface area (Å²) < 4.78 is 33.3. The van der Waals surface area contributed by atoms with Gasteiger partial charge in [0, 0.05) is 36.1 Å². The lowest BCUT2D eigenvalue weighted by Gasteiger charge is -2.36. The molecule has 2 atom stereocenters. The van der Waals surface area contributed by atoms with Gasteiger partial charge in [-0.05, 0) is 55.7 Å². The minimum absolute atomic E-state index is 0.0503. The number of aliphatic carboxylic acids is 2. The first kappa shape index (κ1) is 37.1. The number of rotatable bonds is 7. The Morgan fingerprint density at radius 2 is 1.71 bits per heavy atom. The number of benzene rings is 2. The van der Waals surface area contributed by atoms with Crippen molar-refractivity contribution in [3.8, 4) is 6.07 Å². The van der Waals surface area contributed by atoms with E-state index in [1.54, 1.807) is 47.9 Å². The molecule has 0 bridgehead atoms. The molecule has 3 amide bonds. The Labute approximate surface area is 297 Å². The first-order valence-electron chi connectivity index (χ1n) is 15.2. The van der Waals surface area contributed by atoms with Crippen LogP contribution in [0, 0.1) is 11.3 Å². The molecule has 2 aliphatic heterocycles. The number of hydrogen-bond acceptors (Lipinski definition) is 8. The number of aromatic nitrogens is 2. The smallest absolute Gasteiger partial charge is 0.480 e. The number of amides is 3. The zero-order valence-electron chi connectivity index (χ0n) is 26.5. The Balaban J connectivity index is 0.000000654. The van der Waals surface area contributed by atoms with Gasteiger partial charge in [-0.15, -0.1) is 0 Å². The predicted octanol–water partition coefficient (Wildman–Crippen LogP) is 3.48. The Hall–Kier alpha value is -5.18. The summed E-state index contributed by atoms with van der Waals surface area (Å²) in [4.78, 5) is 69.6. The number of carbonyl (C=O) groups is 5. The first-order valence-corrected chi connectivity index (χ1v) is 15.9. The van der Waals surface area contributed by atoms with Crippen LogP contribution in [0.4, 0.5) is 24.8 Å². The molecule has 4 N–H and O–H groups in total. The van der Waals surface area contributed by atoms with Gasteiger partial charge in [-0.3, -0.25) is 19.0 Å². The number of carboxylic acids is 2. The van der Waals surface area contributed by atoms with E-state index in [4.69, 9.17) is 33.1 Å². The van der Waals surface area contributed by atoms with Crippen LogP contribution >= 0.6 is 23.2 Å². The van der Waals surface area contributed by atoms with Crippen LogP contribution in [0.1, 0.15) is 41.4 Å². The van der Waals surface area contributed by atoms with Gasteiger partial charge in [0.15, 0.2) is 0 Å². The Bertz CT molecular complexity index is 1940. The van der Waals surface area contributed by atoms with Gasteiger partial charge in [-0.2, -0.15) is 18.4 Å². The number of imidazole rings is 1. The molecular weight excluding hydrogens is 722 g/mol. The molecule has 14 nitrogen and oxygen atoms in total. The molecule has 1 unspecified atom stereocenters. The zero-order valence-corrected chi connectivity index (χ0v) is 28.0. The number of alkyl halides is 3. The highest BCUT2D eigenvalue weighted by molar-refractivity contribution is 6.35. The van der Waals surface area contributed by atoms with Gasteiger partial charge >= 0.3 is 18.1 Å². The van der Waals surface area contributed by atoms with E-state index in [9.17, 15) is 42.7 Å². The van der Waals surface area contributed by atoms with Crippen LogP contribution in [-0.4, -0.2) is 91.7 Å². The SMILES string of the molecule is C[C@@]1(Cc2ccc(C#N)cc2)C(=O)N(c2cc(Cl)cc(Cl)c2)c2ncc(C(=O)NC3(C(=O)N4CCNCC4C(=O)O)CC3)n21.O=C(O)C(F)(F)F. The van der Waals surface area contributed by atoms with Gasteiger partial charge in [0.25, 0.3) is 11.8 Å². The van der Waals surface area contributed by atoms with Gasteiger partial charge in [0.1, 0.15) is 22.8 Å². The van der Waals surface area contributed by atoms with Crippen LogP contribution in [-0.2, 0) is 31.1 Å².